The zero-order valence-corrected chi connectivity index (χ0v) is 18.5. The minimum atomic E-state index is 0.539. The van der Waals surface area contributed by atoms with Gasteiger partial charge in [-0.25, -0.2) is 15.0 Å². The third kappa shape index (κ3) is 3.68. The topological polar surface area (TPSA) is 56.7 Å². The molecule has 0 fully saturated rings. The van der Waals surface area contributed by atoms with Crippen LogP contribution in [-0.4, -0.2) is 19.5 Å². The van der Waals surface area contributed by atoms with E-state index in [9.17, 15) is 0 Å². The molecule has 5 heteroatoms. The highest BCUT2D eigenvalue weighted by molar-refractivity contribution is 5.72. The number of pyridine rings is 1. The molecule has 0 spiro atoms. The summed E-state index contributed by atoms with van der Waals surface area (Å²) in [6, 6.07) is 24.8. The van der Waals surface area contributed by atoms with Crippen LogP contribution in [0.25, 0.3) is 45.0 Å². The number of para-hydroxylation sites is 2. The highest BCUT2D eigenvalue weighted by Gasteiger charge is 2.14. The smallest absolute Gasteiger partial charge is 0.215 e. The molecule has 0 atom stereocenters. The second kappa shape index (κ2) is 7.71. The second-order valence-corrected chi connectivity index (χ2v) is 8.39. The van der Waals surface area contributed by atoms with Crippen LogP contribution in [-0.2, 0) is 6.54 Å². The van der Waals surface area contributed by atoms with Gasteiger partial charge in [0.15, 0.2) is 11.4 Å². The lowest BCUT2D eigenvalue weighted by atomic mass is 9.99. The van der Waals surface area contributed by atoms with Gasteiger partial charge in [0.25, 0.3) is 0 Å². The van der Waals surface area contributed by atoms with Crippen LogP contribution >= 0.6 is 0 Å². The Morgan fingerprint density at radius 1 is 0.727 bits per heavy atom. The summed E-state index contributed by atoms with van der Waals surface area (Å²) < 4.78 is 7.87. The summed E-state index contributed by atoms with van der Waals surface area (Å²) in [5.74, 6) is 1.40. The molecule has 0 saturated heterocycles. The number of nitrogens with zero attached hydrogens (tertiary/aromatic N) is 4. The van der Waals surface area contributed by atoms with E-state index in [4.69, 9.17) is 14.4 Å². The summed E-state index contributed by atoms with van der Waals surface area (Å²) in [7, 11) is 0. The van der Waals surface area contributed by atoms with Crippen molar-refractivity contribution in [3.05, 3.63) is 102 Å². The molecule has 0 amide bonds. The standard InChI is InChI=1S/C28H22N4O/c1-18-7-8-22(15-19(18)2)20-9-11-21(12-10-20)28-30-23-13-14-32(16-25(23)31-28)17-27-29-24-5-3-4-6-26(24)33-27/h3-16H,17H2,1-2H3. The van der Waals surface area contributed by atoms with Gasteiger partial charge in [-0.2, -0.15) is 0 Å². The van der Waals surface area contributed by atoms with Crippen molar-refractivity contribution in [2.45, 2.75) is 20.4 Å². The Morgan fingerprint density at radius 3 is 2.30 bits per heavy atom. The Balaban J connectivity index is 1.27. The van der Waals surface area contributed by atoms with Crippen molar-refractivity contribution in [3.8, 4) is 33.9 Å². The number of aromatic nitrogens is 4. The Kier molecular flexibility index (Phi) is 4.54. The van der Waals surface area contributed by atoms with E-state index in [0.717, 1.165) is 33.9 Å². The molecule has 160 valence electrons. The number of benzene rings is 3. The van der Waals surface area contributed by atoms with Gasteiger partial charge in [-0.15, -0.1) is 0 Å². The van der Waals surface area contributed by atoms with E-state index >= 15 is 0 Å². The van der Waals surface area contributed by atoms with Gasteiger partial charge in [-0.3, -0.25) is 0 Å². The minimum absolute atomic E-state index is 0.539. The maximum atomic E-state index is 5.85. The van der Waals surface area contributed by atoms with Gasteiger partial charge in [0.2, 0.25) is 5.89 Å². The van der Waals surface area contributed by atoms with E-state index in [1.807, 2.05) is 47.3 Å². The summed E-state index contributed by atoms with van der Waals surface area (Å²) in [5, 5.41) is 0. The SMILES string of the molecule is Cc1ccc(-c2ccc(-c3nc4ccn(Cc5nc6ccccc6o5)cc-4n3)cc2)cc1C. The average Bonchev–Trinajstić information content (AvgIpc) is 3.44. The molecule has 2 aliphatic heterocycles. The maximum absolute atomic E-state index is 5.85. The monoisotopic (exact) mass is 430 g/mol. The summed E-state index contributed by atoms with van der Waals surface area (Å²) >= 11 is 0. The quantitative estimate of drug-likeness (QED) is 0.319. The summed E-state index contributed by atoms with van der Waals surface area (Å²) in [5.41, 5.74) is 9.41. The van der Waals surface area contributed by atoms with Gasteiger partial charge < -0.3 is 8.98 Å². The molecule has 0 unspecified atom stereocenters. The summed E-state index contributed by atoms with van der Waals surface area (Å²) in [6.45, 7) is 4.82. The van der Waals surface area contributed by atoms with Crippen LogP contribution in [0.2, 0.25) is 0 Å². The van der Waals surface area contributed by atoms with Crippen molar-refractivity contribution in [1.82, 2.24) is 19.5 Å². The van der Waals surface area contributed by atoms with Gasteiger partial charge in [0.05, 0.1) is 12.2 Å². The van der Waals surface area contributed by atoms with Crippen molar-refractivity contribution < 1.29 is 4.42 Å². The third-order valence-corrected chi connectivity index (χ3v) is 6.07. The first-order valence-electron chi connectivity index (χ1n) is 11.0. The number of rotatable bonds is 4. The first-order valence-corrected chi connectivity index (χ1v) is 11.0. The van der Waals surface area contributed by atoms with E-state index in [-0.39, 0.29) is 0 Å². The van der Waals surface area contributed by atoms with E-state index < -0.39 is 0 Å². The number of aryl methyl sites for hydroxylation is 2. The van der Waals surface area contributed by atoms with Gasteiger partial charge in [-0.05, 0) is 54.3 Å². The Labute approximate surface area is 191 Å². The van der Waals surface area contributed by atoms with E-state index in [1.165, 1.54) is 22.3 Å². The normalized spacial score (nSPS) is 11.5. The molecular weight excluding hydrogens is 408 g/mol. The Hall–Kier alpha value is -4.25. The number of fused-ring (bicyclic) bond motifs is 2. The Bertz CT molecular complexity index is 1530. The van der Waals surface area contributed by atoms with Crippen molar-refractivity contribution in [3.63, 3.8) is 0 Å². The molecule has 0 aliphatic carbocycles. The second-order valence-electron chi connectivity index (χ2n) is 8.39. The van der Waals surface area contributed by atoms with Gasteiger partial charge in [0.1, 0.15) is 11.2 Å². The minimum Gasteiger partial charge on any atom is -0.439 e. The predicted octanol–water partition coefficient (Wildman–Crippen LogP) is 6.52. The molecule has 0 radical (unpaired) electrons. The fraction of sp³-hybridized carbons (Fsp3) is 0.107. The van der Waals surface area contributed by atoms with E-state index in [1.54, 1.807) is 0 Å². The number of hydrogen-bond acceptors (Lipinski definition) is 4. The molecule has 3 aromatic carbocycles. The third-order valence-electron chi connectivity index (χ3n) is 6.07. The summed E-state index contributed by atoms with van der Waals surface area (Å²) in [4.78, 5) is 14.1. The molecule has 0 N–H and O–H groups in total. The summed E-state index contributed by atoms with van der Waals surface area (Å²) in [6.07, 6.45) is 3.97. The fourth-order valence-electron chi connectivity index (χ4n) is 4.06. The van der Waals surface area contributed by atoms with E-state index in [2.05, 4.69) is 61.3 Å². The van der Waals surface area contributed by atoms with Crippen molar-refractivity contribution in [1.29, 1.82) is 0 Å². The number of hydrogen-bond donors (Lipinski definition) is 0. The number of oxazole rings is 1. The molecule has 2 aliphatic rings. The first kappa shape index (κ1) is 19.4. The van der Waals surface area contributed by atoms with Crippen LogP contribution < -0.4 is 0 Å². The zero-order chi connectivity index (χ0) is 22.4. The molecule has 0 bridgehead atoms. The molecule has 1 aromatic heterocycles. The zero-order valence-electron chi connectivity index (χ0n) is 18.5. The predicted molar refractivity (Wildman–Crippen MR) is 130 cm³/mol. The number of imidazole rings is 1. The van der Waals surface area contributed by atoms with Gasteiger partial charge in [0, 0.05) is 18.0 Å². The lowest BCUT2D eigenvalue weighted by Crippen LogP contribution is -2.01. The van der Waals surface area contributed by atoms with Crippen LogP contribution in [0.1, 0.15) is 17.0 Å². The average molecular weight is 431 g/mol. The molecule has 5 nitrogen and oxygen atoms in total. The van der Waals surface area contributed by atoms with Gasteiger partial charge in [-0.1, -0.05) is 54.6 Å². The molecular formula is C28H22N4O. The van der Waals surface area contributed by atoms with Crippen LogP contribution in [0.15, 0.2) is 89.6 Å². The van der Waals surface area contributed by atoms with Crippen LogP contribution in [0, 0.1) is 13.8 Å². The van der Waals surface area contributed by atoms with Crippen molar-refractivity contribution in [2.24, 2.45) is 0 Å². The highest BCUT2D eigenvalue weighted by Crippen LogP contribution is 2.28. The molecule has 3 heterocycles. The first-order chi connectivity index (χ1) is 16.1. The van der Waals surface area contributed by atoms with Gasteiger partial charge >= 0.3 is 0 Å². The largest absolute Gasteiger partial charge is 0.439 e. The highest BCUT2D eigenvalue weighted by atomic mass is 16.3. The fourth-order valence-corrected chi connectivity index (χ4v) is 4.06. The van der Waals surface area contributed by atoms with Crippen LogP contribution in [0.5, 0.6) is 0 Å². The van der Waals surface area contributed by atoms with Crippen molar-refractivity contribution >= 4 is 11.1 Å². The lowest BCUT2D eigenvalue weighted by molar-refractivity contribution is 0.508. The van der Waals surface area contributed by atoms with Crippen LogP contribution in [0.4, 0.5) is 0 Å². The Morgan fingerprint density at radius 2 is 1.48 bits per heavy atom. The van der Waals surface area contributed by atoms with E-state index in [0.29, 0.717) is 12.4 Å². The van der Waals surface area contributed by atoms with Crippen LogP contribution in [0.3, 0.4) is 0 Å². The lowest BCUT2D eigenvalue weighted by Gasteiger charge is -2.06. The molecule has 33 heavy (non-hydrogen) atoms. The molecule has 6 rings (SSSR count). The molecule has 0 saturated carbocycles. The molecule has 4 aromatic rings. The van der Waals surface area contributed by atoms with Crippen molar-refractivity contribution in [2.75, 3.05) is 0 Å². The maximum Gasteiger partial charge on any atom is 0.215 e.